The summed E-state index contributed by atoms with van der Waals surface area (Å²) in [6.07, 6.45) is 1.02. The first-order chi connectivity index (χ1) is 8.63. The molecule has 1 fully saturated rings. The number of hydrogen-bond donors (Lipinski definition) is 1. The van der Waals surface area contributed by atoms with Crippen molar-refractivity contribution in [3.63, 3.8) is 0 Å². The molecule has 0 spiro atoms. The van der Waals surface area contributed by atoms with Gasteiger partial charge < -0.3 is 10.2 Å². The average molecular weight is 379 g/mol. The summed E-state index contributed by atoms with van der Waals surface area (Å²) in [5, 5.41) is 3.91. The fourth-order valence-electron chi connectivity index (χ4n) is 2.29. The van der Waals surface area contributed by atoms with Gasteiger partial charge in [0.1, 0.15) is 0 Å². The van der Waals surface area contributed by atoms with Crippen molar-refractivity contribution in [3.8, 4) is 0 Å². The summed E-state index contributed by atoms with van der Waals surface area (Å²) in [5.41, 5.74) is 0.705. The number of benzene rings is 1. The molecule has 0 radical (unpaired) electrons. The topological polar surface area (TPSA) is 32.3 Å². The molecule has 0 bridgehead atoms. The van der Waals surface area contributed by atoms with Crippen LogP contribution in [-0.4, -0.2) is 36.5 Å². The standard InChI is InChI=1S/C13H16ClIN2O/c1-2-17(10-5-6-16-8-10)13(18)11-7-9(14)3-4-12(11)15/h3-4,7,10,16H,2,5-6,8H2,1H3. The minimum absolute atomic E-state index is 0.0816. The number of carbonyl (C=O) groups excluding carboxylic acids is 1. The molecule has 1 aliphatic rings. The van der Waals surface area contributed by atoms with Gasteiger partial charge in [0.25, 0.3) is 5.91 Å². The van der Waals surface area contributed by atoms with E-state index in [0.717, 1.165) is 29.6 Å². The van der Waals surface area contributed by atoms with Crippen LogP contribution in [0.2, 0.25) is 5.02 Å². The van der Waals surface area contributed by atoms with E-state index < -0.39 is 0 Å². The molecule has 1 atom stereocenters. The molecule has 18 heavy (non-hydrogen) atoms. The normalized spacial score (nSPS) is 18.9. The van der Waals surface area contributed by atoms with Crippen molar-refractivity contribution >= 4 is 40.1 Å². The predicted octanol–water partition coefficient (Wildman–Crippen LogP) is 2.77. The van der Waals surface area contributed by atoms with Gasteiger partial charge in [-0.25, -0.2) is 0 Å². The first kappa shape index (κ1) is 14.1. The Morgan fingerprint density at radius 3 is 3.00 bits per heavy atom. The molecule has 1 amide bonds. The maximum absolute atomic E-state index is 12.6. The first-order valence-corrected chi connectivity index (χ1v) is 7.56. The monoisotopic (exact) mass is 378 g/mol. The molecule has 1 aromatic rings. The highest BCUT2D eigenvalue weighted by atomic mass is 127. The van der Waals surface area contributed by atoms with Crippen LogP contribution in [0, 0.1) is 3.57 Å². The van der Waals surface area contributed by atoms with E-state index in [0.29, 0.717) is 16.6 Å². The van der Waals surface area contributed by atoms with E-state index in [1.165, 1.54) is 0 Å². The molecule has 1 aromatic carbocycles. The second-order valence-electron chi connectivity index (χ2n) is 4.36. The molecule has 1 unspecified atom stereocenters. The highest BCUT2D eigenvalue weighted by molar-refractivity contribution is 14.1. The molecule has 1 aliphatic heterocycles. The number of amides is 1. The lowest BCUT2D eigenvalue weighted by molar-refractivity contribution is 0.0702. The Balaban J connectivity index is 2.25. The second-order valence-corrected chi connectivity index (χ2v) is 5.96. The van der Waals surface area contributed by atoms with Crippen LogP contribution < -0.4 is 5.32 Å². The average Bonchev–Trinajstić information content (AvgIpc) is 2.87. The maximum Gasteiger partial charge on any atom is 0.255 e. The summed E-state index contributed by atoms with van der Waals surface area (Å²) in [5.74, 6) is 0.0816. The lowest BCUT2D eigenvalue weighted by atomic mass is 10.1. The number of nitrogens with zero attached hydrogens (tertiary/aromatic N) is 1. The number of nitrogens with one attached hydrogen (secondary N) is 1. The number of halogens is 2. The fraction of sp³-hybridized carbons (Fsp3) is 0.462. The van der Waals surface area contributed by atoms with Crippen LogP contribution in [0.5, 0.6) is 0 Å². The van der Waals surface area contributed by atoms with Gasteiger partial charge in [0.2, 0.25) is 0 Å². The smallest absolute Gasteiger partial charge is 0.255 e. The highest BCUT2D eigenvalue weighted by Crippen LogP contribution is 2.21. The van der Waals surface area contributed by atoms with Gasteiger partial charge in [0.15, 0.2) is 0 Å². The Labute approximate surface area is 126 Å². The summed E-state index contributed by atoms with van der Waals surface area (Å²) in [4.78, 5) is 14.5. The third-order valence-electron chi connectivity index (χ3n) is 3.24. The zero-order valence-corrected chi connectivity index (χ0v) is 13.2. The molecule has 0 aliphatic carbocycles. The quantitative estimate of drug-likeness (QED) is 0.820. The van der Waals surface area contributed by atoms with E-state index in [2.05, 4.69) is 27.9 Å². The van der Waals surface area contributed by atoms with E-state index in [1.54, 1.807) is 6.07 Å². The summed E-state index contributed by atoms with van der Waals surface area (Å²) in [7, 11) is 0. The van der Waals surface area contributed by atoms with Gasteiger partial charge in [0, 0.05) is 27.7 Å². The van der Waals surface area contributed by atoms with E-state index in [-0.39, 0.29) is 5.91 Å². The molecule has 0 saturated carbocycles. The Kier molecular flexibility index (Phi) is 4.86. The lowest BCUT2D eigenvalue weighted by Crippen LogP contribution is -2.41. The van der Waals surface area contributed by atoms with Gasteiger partial charge >= 0.3 is 0 Å². The van der Waals surface area contributed by atoms with Crippen molar-refractivity contribution in [2.45, 2.75) is 19.4 Å². The number of hydrogen-bond acceptors (Lipinski definition) is 2. The molecule has 98 valence electrons. The molecule has 5 heteroatoms. The molecule has 1 saturated heterocycles. The lowest BCUT2D eigenvalue weighted by Gasteiger charge is -2.27. The van der Waals surface area contributed by atoms with E-state index in [1.807, 2.05) is 24.0 Å². The molecule has 2 rings (SSSR count). The highest BCUT2D eigenvalue weighted by Gasteiger charge is 2.27. The van der Waals surface area contributed by atoms with Crippen LogP contribution in [0.4, 0.5) is 0 Å². The minimum atomic E-state index is 0.0816. The zero-order valence-electron chi connectivity index (χ0n) is 10.2. The maximum atomic E-state index is 12.6. The zero-order chi connectivity index (χ0) is 13.1. The second kappa shape index (κ2) is 6.21. The van der Waals surface area contributed by atoms with Gasteiger partial charge in [-0.05, 0) is 60.7 Å². The summed E-state index contributed by atoms with van der Waals surface area (Å²) in [6, 6.07) is 5.76. The SMILES string of the molecule is CCN(C(=O)c1cc(Cl)ccc1I)C1CCNC1. The van der Waals surface area contributed by atoms with Crippen LogP contribution in [0.1, 0.15) is 23.7 Å². The molecular formula is C13H16ClIN2O. The van der Waals surface area contributed by atoms with Crippen LogP contribution in [0.25, 0.3) is 0 Å². The Morgan fingerprint density at radius 2 is 2.39 bits per heavy atom. The predicted molar refractivity (Wildman–Crippen MR) is 82.2 cm³/mol. The van der Waals surface area contributed by atoms with Crippen molar-refractivity contribution in [1.29, 1.82) is 0 Å². The molecule has 1 N–H and O–H groups in total. The summed E-state index contributed by atoms with van der Waals surface area (Å²) in [6.45, 7) is 4.62. The number of rotatable bonds is 3. The van der Waals surface area contributed by atoms with Gasteiger partial charge in [-0.3, -0.25) is 4.79 Å². The van der Waals surface area contributed by atoms with Crippen molar-refractivity contribution in [1.82, 2.24) is 10.2 Å². The van der Waals surface area contributed by atoms with Crippen molar-refractivity contribution in [3.05, 3.63) is 32.4 Å². The fourth-order valence-corrected chi connectivity index (χ4v) is 3.03. The van der Waals surface area contributed by atoms with Crippen molar-refractivity contribution in [2.24, 2.45) is 0 Å². The largest absolute Gasteiger partial charge is 0.335 e. The van der Waals surface area contributed by atoms with Gasteiger partial charge in [-0.2, -0.15) is 0 Å². The van der Waals surface area contributed by atoms with Crippen LogP contribution >= 0.6 is 34.2 Å². The molecule has 3 nitrogen and oxygen atoms in total. The Morgan fingerprint density at radius 1 is 1.61 bits per heavy atom. The summed E-state index contributed by atoms with van der Waals surface area (Å²) < 4.78 is 0.950. The van der Waals surface area contributed by atoms with E-state index in [4.69, 9.17) is 11.6 Å². The number of carbonyl (C=O) groups is 1. The molecular weight excluding hydrogens is 363 g/mol. The first-order valence-electron chi connectivity index (χ1n) is 6.10. The Hall–Kier alpha value is -0.330. The summed E-state index contributed by atoms with van der Waals surface area (Å²) >= 11 is 8.17. The van der Waals surface area contributed by atoms with Crippen molar-refractivity contribution in [2.75, 3.05) is 19.6 Å². The van der Waals surface area contributed by atoms with E-state index in [9.17, 15) is 4.79 Å². The molecule has 1 heterocycles. The Bertz CT molecular complexity index is 447. The van der Waals surface area contributed by atoms with Gasteiger partial charge in [-0.1, -0.05) is 11.6 Å². The van der Waals surface area contributed by atoms with Gasteiger partial charge in [-0.15, -0.1) is 0 Å². The molecule has 0 aromatic heterocycles. The van der Waals surface area contributed by atoms with Crippen molar-refractivity contribution < 1.29 is 4.79 Å². The van der Waals surface area contributed by atoms with Crippen LogP contribution in [0.15, 0.2) is 18.2 Å². The third kappa shape index (κ3) is 2.97. The number of likely N-dealkylation sites (N-methyl/N-ethyl adjacent to an activating group) is 1. The minimum Gasteiger partial charge on any atom is -0.335 e. The van der Waals surface area contributed by atoms with E-state index >= 15 is 0 Å². The van der Waals surface area contributed by atoms with Crippen LogP contribution in [-0.2, 0) is 0 Å². The third-order valence-corrected chi connectivity index (χ3v) is 4.41. The van der Waals surface area contributed by atoms with Crippen LogP contribution in [0.3, 0.4) is 0 Å². The van der Waals surface area contributed by atoms with Gasteiger partial charge in [0.05, 0.1) is 5.56 Å².